The maximum atomic E-state index is 6.19. The summed E-state index contributed by atoms with van der Waals surface area (Å²) >= 11 is 0. The lowest BCUT2D eigenvalue weighted by Crippen LogP contribution is -2.61. The summed E-state index contributed by atoms with van der Waals surface area (Å²) in [4.78, 5) is 2.74. The van der Waals surface area contributed by atoms with Crippen LogP contribution in [0.4, 0.5) is 0 Å². The van der Waals surface area contributed by atoms with Crippen molar-refractivity contribution in [3.05, 3.63) is 0 Å². The first-order chi connectivity index (χ1) is 7.65. The molecule has 2 aliphatic rings. The van der Waals surface area contributed by atoms with E-state index in [9.17, 15) is 0 Å². The van der Waals surface area contributed by atoms with Crippen LogP contribution in [0.25, 0.3) is 0 Å². The molecule has 2 fully saturated rings. The van der Waals surface area contributed by atoms with E-state index >= 15 is 0 Å². The molecule has 0 aromatic carbocycles. The quantitative estimate of drug-likeness (QED) is 0.795. The molecule has 0 aliphatic heterocycles. The first-order valence-electron chi connectivity index (χ1n) is 7.12. The van der Waals surface area contributed by atoms with Gasteiger partial charge in [0.15, 0.2) is 0 Å². The second kappa shape index (κ2) is 4.66. The maximum absolute atomic E-state index is 6.19. The third-order valence-corrected chi connectivity index (χ3v) is 5.22. The Morgan fingerprint density at radius 2 is 1.94 bits per heavy atom. The highest BCUT2D eigenvalue weighted by Gasteiger charge is 2.48. The van der Waals surface area contributed by atoms with Crippen LogP contribution < -0.4 is 5.73 Å². The number of nitrogens with two attached hydrogens (primary N) is 1. The molecule has 2 heteroatoms. The molecular weight excluding hydrogens is 196 g/mol. The Kier molecular flexibility index (Phi) is 3.60. The summed E-state index contributed by atoms with van der Waals surface area (Å²) in [6.07, 6.45) is 6.88. The normalized spacial score (nSPS) is 40.3. The van der Waals surface area contributed by atoms with E-state index in [0.717, 1.165) is 24.4 Å². The van der Waals surface area contributed by atoms with Crippen molar-refractivity contribution in [3.8, 4) is 0 Å². The first-order valence-corrected chi connectivity index (χ1v) is 7.12. The van der Waals surface area contributed by atoms with Crippen molar-refractivity contribution in [1.82, 2.24) is 4.90 Å². The van der Waals surface area contributed by atoms with Crippen LogP contribution in [0.3, 0.4) is 0 Å². The van der Waals surface area contributed by atoms with Gasteiger partial charge in [0.2, 0.25) is 0 Å². The van der Waals surface area contributed by atoms with E-state index in [2.05, 4.69) is 25.7 Å². The molecule has 0 bridgehead atoms. The molecule has 3 atom stereocenters. The van der Waals surface area contributed by atoms with Gasteiger partial charge in [0.05, 0.1) is 0 Å². The van der Waals surface area contributed by atoms with Gasteiger partial charge < -0.3 is 5.73 Å². The summed E-state index contributed by atoms with van der Waals surface area (Å²) in [6, 6.07) is 0.848. The Hall–Kier alpha value is -0.0800. The molecule has 0 amide bonds. The highest BCUT2D eigenvalue weighted by atomic mass is 15.3. The average Bonchev–Trinajstić information content (AvgIpc) is 3.09. The van der Waals surface area contributed by atoms with Crippen LogP contribution in [-0.2, 0) is 0 Å². The van der Waals surface area contributed by atoms with Crippen LogP contribution in [0.1, 0.15) is 52.9 Å². The molecule has 0 radical (unpaired) electrons. The Bertz CT molecular complexity index is 237. The highest BCUT2D eigenvalue weighted by molar-refractivity contribution is 5.04. The molecule has 0 spiro atoms. The Morgan fingerprint density at radius 3 is 2.44 bits per heavy atom. The van der Waals surface area contributed by atoms with Gasteiger partial charge in [0.1, 0.15) is 0 Å². The minimum absolute atomic E-state index is 0.313. The van der Waals surface area contributed by atoms with Crippen molar-refractivity contribution >= 4 is 0 Å². The van der Waals surface area contributed by atoms with Crippen LogP contribution in [-0.4, -0.2) is 29.6 Å². The molecule has 2 aliphatic carbocycles. The predicted molar refractivity (Wildman–Crippen MR) is 69.4 cm³/mol. The van der Waals surface area contributed by atoms with Gasteiger partial charge >= 0.3 is 0 Å². The lowest BCUT2D eigenvalue weighted by molar-refractivity contribution is -0.0134. The number of hydrogen-bond donors (Lipinski definition) is 1. The van der Waals surface area contributed by atoms with E-state index < -0.39 is 0 Å². The molecule has 0 aromatic heterocycles. The van der Waals surface area contributed by atoms with E-state index in [4.69, 9.17) is 5.73 Å². The topological polar surface area (TPSA) is 29.3 Å². The summed E-state index contributed by atoms with van der Waals surface area (Å²) in [5, 5.41) is 0. The van der Waals surface area contributed by atoms with E-state index in [1.165, 1.54) is 38.6 Å². The summed E-state index contributed by atoms with van der Waals surface area (Å²) in [5.41, 5.74) is 6.50. The van der Waals surface area contributed by atoms with Gasteiger partial charge in [-0.1, -0.05) is 33.6 Å². The van der Waals surface area contributed by atoms with Crippen molar-refractivity contribution in [1.29, 1.82) is 0 Å². The second-order valence-electron chi connectivity index (χ2n) is 5.98. The Labute approximate surface area is 101 Å². The SMILES string of the molecule is CCN(C1CC1)C1(CN)CCCC(C)C1C. The summed E-state index contributed by atoms with van der Waals surface area (Å²) in [6.45, 7) is 9.18. The third kappa shape index (κ3) is 1.91. The van der Waals surface area contributed by atoms with Gasteiger partial charge in [-0.2, -0.15) is 0 Å². The Balaban J connectivity index is 2.20. The molecule has 94 valence electrons. The van der Waals surface area contributed by atoms with Crippen molar-refractivity contribution in [3.63, 3.8) is 0 Å². The monoisotopic (exact) mass is 224 g/mol. The van der Waals surface area contributed by atoms with Gasteiger partial charge in [0.25, 0.3) is 0 Å². The fourth-order valence-electron chi connectivity index (χ4n) is 3.87. The highest BCUT2D eigenvalue weighted by Crippen LogP contribution is 2.45. The van der Waals surface area contributed by atoms with Crippen LogP contribution >= 0.6 is 0 Å². The zero-order valence-corrected chi connectivity index (χ0v) is 11.2. The molecule has 0 heterocycles. The number of likely N-dealkylation sites (N-methyl/N-ethyl adjacent to an activating group) is 1. The van der Waals surface area contributed by atoms with Crippen LogP contribution in [0.15, 0.2) is 0 Å². The molecule has 2 saturated carbocycles. The second-order valence-corrected chi connectivity index (χ2v) is 5.98. The van der Waals surface area contributed by atoms with Gasteiger partial charge in [-0.3, -0.25) is 4.90 Å². The van der Waals surface area contributed by atoms with Crippen LogP contribution in [0, 0.1) is 11.8 Å². The van der Waals surface area contributed by atoms with Gasteiger partial charge in [-0.15, -0.1) is 0 Å². The molecule has 0 aromatic rings. The summed E-state index contributed by atoms with van der Waals surface area (Å²) < 4.78 is 0. The first kappa shape index (κ1) is 12.4. The third-order valence-electron chi connectivity index (χ3n) is 5.22. The van der Waals surface area contributed by atoms with Gasteiger partial charge in [-0.05, 0) is 37.6 Å². The number of nitrogens with zero attached hydrogens (tertiary/aromatic N) is 1. The number of rotatable bonds is 4. The molecule has 0 saturated heterocycles. The van der Waals surface area contributed by atoms with Gasteiger partial charge in [0, 0.05) is 18.1 Å². The lowest BCUT2D eigenvalue weighted by atomic mass is 9.67. The summed E-state index contributed by atoms with van der Waals surface area (Å²) in [7, 11) is 0. The lowest BCUT2D eigenvalue weighted by Gasteiger charge is -2.52. The van der Waals surface area contributed by atoms with E-state index in [0.29, 0.717) is 5.54 Å². The summed E-state index contributed by atoms with van der Waals surface area (Å²) in [5.74, 6) is 1.59. The van der Waals surface area contributed by atoms with Gasteiger partial charge in [-0.25, -0.2) is 0 Å². The standard InChI is InChI=1S/C14H28N2/c1-4-16(13-7-8-13)14(10-15)9-5-6-11(2)12(14)3/h11-13H,4-10,15H2,1-3H3. The van der Waals surface area contributed by atoms with Crippen molar-refractivity contribution < 1.29 is 0 Å². The average molecular weight is 224 g/mol. The van der Waals surface area contributed by atoms with Crippen molar-refractivity contribution in [2.45, 2.75) is 64.5 Å². The molecule has 2 nitrogen and oxygen atoms in total. The molecule has 2 rings (SSSR count). The van der Waals surface area contributed by atoms with Crippen molar-refractivity contribution in [2.75, 3.05) is 13.1 Å². The largest absolute Gasteiger partial charge is 0.329 e. The zero-order valence-electron chi connectivity index (χ0n) is 11.2. The Morgan fingerprint density at radius 1 is 1.25 bits per heavy atom. The van der Waals surface area contributed by atoms with E-state index in [1.54, 1.807) is 0 Å². The molecular formula is C14H28N2. The van der Waals surface area contributed by atoms with Crippen LogP contribution in [0.5, 0.6) is 0 Å². The minimum atomic E-state index is 0.313. The molecule has 3 unspecified atom stereocenters. The zero-order chi connectivity index (χ0) is 11.8. The van der Waals surface area contributed by atoms with E-state index in [1.807, 2.05) is 0 Å². The molecule has 2 N–H and O–H groups in total. The van der Waals surface area contributed by atoms with Crippen LogP contribution in [0.2, 0.25) is 0 Å². The smallest absolute Gasteiger partial charge is 0.0362 e. The van der Waals surface area contributed by atoms with E-state index in [-0.39, 0.29) is 0 Å². The predicted octanol–water partition coefficient (Wildman–Crippen LogP) is 2.62. The van der Waals surface area contributed by atoms with Crippen molar-refractivity contribution in [2.24, 2.45) is 17.6 Å². The maximum Gasteiger partial charge on any atom is 0.0362 e. The fourth-order valence-corrected chi connectivity index (χ4v) is 3.87. The molecule has 16 heavy (non-hydrogen) atoms. The fraction of sp³-hybridized carbons (Fsp3) is 1.00. The number of hydrogen-bond acceptors (Lipinski definition) is 2. The minimum Gasteiger partial charge on any atom is -0.329 e.